The highest BCUT2D eigenvalue weighted by molar-refractivity contribution is 5.77. The van der Waals surface area contributed by atoms with E-state index >= 15 is 0 Å². The van der Waals surface area contributed by atoms with Gasteiger partial charge in [-0.2, -0.15) is 13.2 Å². The summed E-state index contributed by atoms with van der Waals surface area (Å²) >= 11 is 0. The van der Waals surface area contributed by atoms with Crippen LogP contribution in [0.1, 0.15) is 19.8 Å². The van der Waals surface area contributed by atoms with E-state index in [9.17, 15) is 18.0 Å². The number of rotatable bonds is 7. The van der Waals surface area contributed by atoms with Gasteiger partial charge in [0.1, 0.15) is 13.2 Å². The van der Waals surface area contributed by atoms with Gasteiger partial charge in [-0.1, -0.05) is 6.92 Å². The summed E-state index contributed by atoms with van der Waals surface area (Å²) < 4.78 is 40.2. The zero-order chi connectivity index (χ0) is 15.9. The van der Waals surface area contributed by atoms with Crippen LogP contribution in [0, 0.1) is 0 Å². The second-order valence-electron chi connectivity index (χ2n) is 5.16. The second kappa shape index (κ2) is 8.55. The molecular weight excluding hydrogens is 287 g/mol. The van der Waals surface area contributed by atoms with E-state index in [4.69, 9.17) is 5.73 Å². The van der Waals surface area contributed by atoms with E-state index in [1.807, 2.05) is 0 Å². The highest BCUT2D eigenvalue weighted by Gasteiger charge is 2.29. The van der Waals surface area contributed by atoms with E-state index in [0.29, 0.717) is 25.7 Å². The number of nitrogens with two attached hydrogens (primary N) is 1. The lowest BCUT2D eigenvalue weighted by Crippen LogP contribution is -2.53. The molecule has 1 fully saturated rings. The fourth-order valence-corrected chi connectivity index (χ4v) is 2.52. The van der Waals surface area contributed by atoms with E-state index in [2.05, 4.69) is 16.6 Å². The molecule has 0 aromatic heterocycles. The van der Waals surface area contributed by atoms with Crippen LogP contribution in [0.15, 0.2) is 0 Å². The van der Waals surface area contributed by atoms with Crippen molar-refractivity contribution >= 4 is 5.91 Å². The predicted molar refractivity (Wildman–Crippen MR) is 72.8 cm³/mol. The number of amides is 1. The Morgan fingerprint density at radius 1 is 1.29 bits per heavy atom. The molecule has 1 rings (SSSR count). The monoisotopic (exact) mass is 311 g/mol. The number of ether oxygens (including phenoxy) is 1. The van der Waals surface area contributed by atoms with Crippen LogP contribution in [-0.4, -0.2) is 73.9 Å². The fourth-order valence-electron chi connectivity index (χ4n) is 2.52. The van der Waals surface area contributed by atoms with Gasteiger partial charge in [-0.05, 0) is 19.4 Å². The summed E-state index contributed by atoms with van der Waals surface area (Å²) in [5.41, 5.74) is 5.58. The zero-order valence-corrected chi connectivity index (χ0v) is 12.4. The number of carbonyl (C=O) groups excluding carboxylic acids is 1. The summed E-state index contributed by atoms with van der Waals surface area (Å²) in [6.45, 7) is 3.33. The van der Waals surface area contributed by atoms with Crippen molar-refractivity contribution in [2.24, 2.45) is 5.73 Å². The Morgan fingerprint density at radius 3 is 2.38 bits per heavy atom. The van der Waals surface area contributed by atoms with Crippen LogP contribution in [0.3, 0.4) is 0 Å². The first kappa shape index (κ1) is 18.2. The van der Waals surface area contributed by atoms with Crippen LogP contribution in [0.2, 0.25) is 0 Å². The van der Waals surface area contributed by atoms with Crippen LogP contribution < -0.4 is 5.73 Å². The summed E-state index contributed by atoms with van der Waals surface area (Å²) in [5, 5.41) is 0. The molecule has 1 aliphatic rings. The van der Waals surface area contributed by atoms with Crippen molar-refractivity contribution in [3.05, 3.63) is 0 Å². The van der Waals surface area contributed by atoms with Gasteiger partial charge in [-0.3, -0.25) is 9.69 Å². The number of alkyl halides is 3. The highest BCUT2D eigenvalue weighted by atomic mass is 19.4. The van der Waals surface area contributed by atoms with E-state index in [1.165, 1.54) is 0 Å². The lowest BCUT2D eigenvalue weighted by molar-refractivity contribution is -0.178. The van der Waals surface area contributed by atoms with E-state index < -0.39 is 19.4 Å². The number of hydrogen-bond acceptors (Lipinski definition) is 4. The van der Waals surface area contributed by atoms with Crippen molar-refractivity contribution in [1.82, 2.24) is 9.80 Å². The Morgan fingerprint density at radius 2 is 1.90 bits per heavy atom. The third-order valence-electron chi connectivity index (χ3n) is 3.65. The molecule has 5 nitrogen and oxygen atoms in total. The van der Waals surface area contributed by atoms with Crippen molar-refractivity contribution in [1.29, 1.82) is 0 Å². The molecule has 0 radical (unpaired) electrons. The molecule has 21 heavy (non-hydrogen) atoms. The van der Waals surface area contributed by atoms with E-state index in [0.717, 1.165) is 25.9 Å². The zero-order valence-electron chi connectivity index (χ0n) is 12.4. The normalized spacial score (nSPS) is 18.8. The summed E-state index contributed by atoms with van der Waals surface area (Å²) in [4.78, 5) is 15.6. The minimum Gasteiger partial charge on any atom is -0.362 e. The number of carbonyl (C=O) groups is 1. The van der Waals surface area contributed by atoms with Gasteiger partial charge in [0.25, 0.3) is 0 Å². The highest BCUT2D eigenvalue weighted by Crippen LogP contribution is 2.15. The van der Waals surface area contributed by atoms with Gasteiger partial charge in [0.15, 0.2) is 0 Å². The van der Waals surface area contributed by atoms with Crippen LogP contribution in [0.4, 0.5) is 13.2 Å². The average molecular weight is 311 g/mol. The Kier molecular flexibility index (Phi) is 7.41. The first-order chi connectivity index (χ1) is 9.87. The standard InChI is InChI=1S/C13H24F3N3O2/c1-2-11(3-4-17)18-5-7-19(8-6-18)12(20)9-21-10-13(14,15)16/h11H,2-10,17H2,1H3. The molecule has 1 aliphatic heterocycles. The van der Waals surface area contributed by atoms with Crippen molar-refractivity contribution in [2.75, 3.05) is 45.9 Å². The maximum Gasteiger partial charge on any atom is 0.411 e. The molecule has 1 heterocycles. The Hall–Kier alpha value is -0.860. The van der Waals surface area contributed by atoms with Crippen LogP contribution in [0.5, 0.6) is 0 Å². The average Bonchev–Trinajstić information content (AvgIpc) is 2.43. The topological polar surface area (TPSA) is 58.8 Å². The van der Waals surface area contributed by atoms with Gasteiger partial charge < -0.3 is 15.4 Å². The number of piperazine rings is 1. The Labute approximate surface area is 123 Å². The molecule has 1 amide bonds. The number of hydrogen-bond donors (Lipinski definition) is 1. The molecule has 8 heteroatoms. The summed E-state index contributed by atoms with van der Waals surface area (Å²) in [6.07, 6.45) is -2.48. The third kappa shape index (κ3) is 6.62. The van der Waals surface area contributed by atoms with Crippen molar-refractivity contribution in [2.45, 2.75) is 32.0 Å². The minimum absolute atomic E-state index is 0.384. The molecular formula is C13H24F3N3O2. The molecule has 124 valence electrons. The van der Waals surface area contributed by atoms with Gasteiger partial charge in [0.2, 0.25) is 5.91 Å². The molecule has 0 spiro atoms. The molecule has 1 unspecified atom stereocenters. The Balaban J connectivity index is 2.30. The fraction of sp³-hybridized carbons (Fsp3) is 0.923. The number of nitrogens with zero attached hydrogens (tertiary/aromatic N) is 2. The summed E-state index contributed by atoms with van der Waals surface area (Å²) in [5.74, 6) is -0.384. The summed E-state index contributed by atoms with van der Waals surface area (Å²) in [6, 6.07) is 0.411. The minimum atomic E-state index is -4.39. The van der Waals surface area contributed by atoms with Crippen molar-refractivity contribution in [3.8, 4) is 0 Å². The maximum atomic E-state index is 11.9. The van der Waals surface area contributed by atoms with Gasteiger partial charge >= 0.3 is 6.18 Å². The van der Waals surface area contributed by atoms with Crippen LogP contribution in [-0.2, 0) is 9.53 Å². The summed E-state index contributed by atoms with van der Waals surface area (Å²) in [7, 11) is 0. The predicted octanol–water partition coefficient (Wildman–Crippen LogP) is 0.837. The molecule has 0 aromatic carbocycles. The second-order valence-corrected chi connectivity index (χ2v) is 5.16. The third-order valence-corrected chi connectivity index (χ3v) is 3.65. The van der Waals surface area contributed by atoms with Gasteiger partial charge in [-0.25, -0.2) is 0 Å². The first-order valence-corrected chi connectivity index (χ1v) is 7.23. The van der Waals surface area contributed by atoms with Crippen molar-refractivity contribution < 1.29 is 22.7 Å². The Bertz CT molecular complexity index is 318. The molecule has 0 saturated carbocycles. The van der Waals surface area contributed by atoms with Crippen molar-refractivity contribution in [3.63, 3.8) is 0 Å². The van der Waals surface area contributed by atoms with E-state index in [1.54, 1.807) is 4.90 Å². The lowest BCUT2D eigenvalue weighted by atomic mass is 10.1. The smallest absolute Gasteiger partial charge is 0.362 e. The van der Waals surface area contributed by atoms with Gasteiger partial charge in [0, 0.05) is 32.2 Å². The molecule has 2 N–H and O–H groups in total. The SMILES string of the molecule is CCC(CCN)N1CCN(C(=O)COCC(F)(F)F)CC1. The van der Waals surface area contributed by atoms with Crippen LogP contribution >= 0.6 is 0 Å². The van der Waals surface area contributed by atoms with E-state index in [-0.39, 0.29) is 5.91 Å². The van der Waals surface area contributed by atoms with Gasteiger partial charge in [-0.15, -0.1) is 0 Å². The first-order valence-electron chi connectivity index (χ1n) is 7.23. The largest absolute Gasteiger partial charge is 0.411 e. The molecule has 0 bridgehead atoms. The van der Waals surface area contributed by atoms with Crippen LogP contribution in [0.25, 0.3) is 0 Å². The molecule has 1 atom stereocenters. The van der Waals surface area contributed by atoms with Gasteiger partial charge in [0.05, 0.1) is 0 Å². The molecule has 1 saturated heterocycles. The lowest BCUT2D eigenvalue weighted by Gasteiger charge is -2.39. The molecule has 0 aromatic rings. The quantitative estimate of drug-likeness (QED) is 0.757. The maximum absolute atomic E-state index is 11.9. The molecule has 0 aliphatic carbocycles. The number of halogens is 3.